The zero-order chi connectivity index (χ0) is 14.6. The summed E-state index contributed by atoms with van der Waals surface area (Å²) in [6.07, 6.45) is 1.50. The highest BCUT2D eigenvalue weighted by Gasteiger charge is 2.06. The second kappa shape index (κ2) is 10.7. The van der Waals surface area contributed by atoms with Gasteiger partial charge in [-0.3, -0.25) is 0 Å². The third-order valence-corrected chi connectivity index (χ3v) is 1.36. The number of aliphatic hydroxyl groups excluding tert-OH is 2. The molecule has 0 amide bonds. The maximum Gasteiger partial charge on any atom is 0.335 e. The van der Waals surface area contributed by atoms with Crippen molar-refractivity contribution in [1.29, 1.82) is 0 Å². The van der Waals surface area contributed by atoms with Crippen LogP contribution in [0.25, 0.3) is 0 Å². The number of benzene rings is 1. The fraction of sp³-hybridized carbons (Fsp3) is 0. The summed E-state index contributed by atoms with van der Waals surface area (Å²) < 4.78 is 0. The van der Waals surface area contributed by atoms with Gasteiger partial charge in [-0.05, 0) is 18.2 Å². The van der Waals surface area contributed by atoms with E-state index in [1.807, 2.05) is 0 Å². The van der Waals surface area contributed by atoms with Crippen LogP contribution >= 0.6 is 0 Å². The Balaban J connectivity index is 0. The van der Waals surface area contributed by atoms with Crippen LogP contribution in [0.3, 0.4) is 0 Å². The summed E-state index contributed by atoms with van der Waals surface area (Å²) in [5.41, 5.74) is -0.0372. The molecule has 0 atom stereocenters. The van der Waals surface area contributed by atoms with E-state index in [4.69, 9.17) is 20.4 Å². The van der Waals surface area contributed by atoms with Crippen LogP contribution in [-0.4, -0.2) is 32.4 Å². The molecule has 0 spiro atoms. The Kier molecular flexibility index (Phi) is 10.5. The molecular weight excluding hydrogens is 240 g/mol. The minimum atomic E-state index is -1.13. The lowest BCUT2D eigenvalue weighted by molar-refractivity contribution is 0.0696. The van der Waals surface area contributed by atoms with E-state index in [2.05, 4.69) is 13.2 Å². The molecule has 4 N–H and O–H groups in total. The van der Waals surface area contributed by atoms with Crippen molar-refractivity contribution in [1.82, 2.24) is 0 Å². The Morgan fingerprint density at radius 1 is 0.944 bits per heavy atom. The van der Waals surface area contributed by atoms with Gasteiger partial charge in [0.2, 0.25) is 0 Å². The first-order chi connectivity index (χ1) is 8.44. The molecule has 98 valence electrons. The second-order valence-corrected chi connectivity index (χ2v) is 2.56. The predicted molar refractivity (Wildman–Crippen MR) is 66.0 cm³/mol. The minimum absolute atomic E-state index is 0.0186. The van der Waals surface area contributed by atoms with Gasteiger partial charge < -0.3 is 20.4 Å². The number of aliphatic hydroxyl groups is 2. The maximum absolute atomic E-state index is 10.4. The van der Waals surface area contributed by atoms with Crippen molar-refractivity contribution in [2.45, 2.75) is 0 Å². The highest BCUT2D eigenvalue weighted by molar-refractivity contribution is 5.93. The summed E-state index contributed by atoms with van der Waals surface area (Å²) in [7, 11) is 0. The third kappa shape index (κ3) is 8.54. The van der Waals surface area contributed by atoms with Crippen molar-refractivity contribution in [2.75, 3.05) is 0 Å². The van der Waals surface area contributed by atoms with Gasteiger partial charge in [0.1, 0.15) is 0 Å². The summed E-state index contributed by atoms with van der Waals surface area (Å²) in [6.45, 7) is 5.83. The predicted octanol–water partition coefficient (Wildman–Crippen LogP) is 2.46. The lowest BCUT2D eigenvalue weighted by atomic mass is 10.1. The van der Waals surface area contributed by atoms with Crippen molar-refractivity contribution in [3.63, 3.8) is 0 Å². The molecule has 6 nitrogen and oxygen atoms in total. The van der Waals surface area contributed by atoms with Gasteiger partial charge in [-0.25, -0.2) is 9.59 Å². The number of aromatic carboxylic acids is 2. The summed E-state index contributed by atoms with van der Waals surface area (Å²) in [5.74, 6) is -2.25. The Morgan fingerprint density at radius 2 is 1.22 bits per heavy atom. The molecule has 0 fully saturated rings. The molecule has 0 saturated carbocycles. The Bertz CT molecular complexity index is 376. The molecule has 1 aromatic rings. The van der Waals surface area contributed by atoms with Gasteiger partial charge in [-0.1, -0.05) is 19.2 Å². The van der Waals surface area contributed by atoms with Gasteiger partial charge in [-0.15, -0.1) is 0 Å². The third-order valence-electron chi connectivity index (χ3n) is 1.36. The van der Waals surface area contributed by atoms with Gasteiger partial charge in [-0.2, -0.15) is 0 Å². The molecule has 0 aliphatic heterocycles. The summed E-state index contributed by atoms with van der Waals surface area (Å²) in [6, 6.07) is 5.20. The molecule has 6 heteroatoms. The van der Waals surface area contributed by atoms with E-state index in [0.717, 1.165) is 18.6 Å². The zero-order valence-electron chi connectivity index (χ0n) is 9.48. The van der Waals surface area contributed by atoms with Crippen molar-refractivity contribution in [2.24, 2.45) is 0 Å². The first-order valence-corrected chi connectivity index (χ1v) is 4.51. The smallest absolute Gasteiger partial charge is 0.335 e. The fourth-order valence-electron chi connectivity index (χ4n) is 0.785. The first kappa shape index (κ1) is 17.6. The maximum atomic E-state index is 10.4. The minimum Gasteiger partial charge on any atom is -0.516 e. The van der Waals surface area contributed by atoms with E-state index in [-0.39, 0.29) is 11.1 Å². The fourth-order valence-corrected chi connectivity index (χ4v) is 0.785. The standard InChI is InChI=1S/C8H6O4.2C2H4O/c9-7(10)5-2-1-3-6(4-5)8(11)12;2*1-2-3/h1-4H,(H,9,10)(H,11,12);2*2-3H,1H2. The van der Waals surface area contributed by atoms with E-state index in [9.17, 15) is 9.59 Å². The monoisotopic (exact) mass is 254 g/mol. The SMILES string of the molecule is C=CO.C=CO.O=C(O)c1cccc(C(=O)O)c1. The summed E-state index contributed by atoms with van der Waals surface area (Å²) >= 11 is 0. The lowest BCUT2D eigenvalue weighted by Gasteiger charge is -1.95. The van der Waals surface area contributed by atoms with Crippen molar-refractivity contribution >= 4 is 11.9 Å². The molecule has 1 aromatic carbocycles. The van der Waals surface area contributed by atoms with Gasteiger partial charge in [0.05, 0.1) is 23.7 Å². The molecule has 18 heavy (non-hydrogen) atoms. The molecule has 0 unspecified atom stereocenters. The lowest BCUT2D eigenvalue weighted by Crippen LogP contribution is -2.01. The molecular formula is C12H14O6. The van der Waals surface area contributed by atoms with Crippen LogP contribution in [-0.2, 0) is 0 Å². The number of carboxylic acid groups (broad SMARTS) is 2. The van der Waals surface area contributed by atoms with E-state index in [1.165, 1.54) is 18.2 Å². The van der Waals surface area contributed by atoms with Crippen LogP contribution < -0.4 is 0 Å². The Hall–Kier alpha value is -2.76. The largest absolute Gasteiger partial charge is 0.516 e. The van der Waals surface area contributed by atoms with E-state index in [1.54, 1.807) is 0 Å². The second-order valence-electron chi connectivity index (χ2n) is 2.56. The van der Waals surface area contributed by atoms with Crippen LogP contribution in [0, 0.1) is 0 Å². The summed E-state index contributed by atoms with van der Waals surface area (Å²) in [5, 5.41) is 31.7. The number of hydrogen-bond acceptors (Lipinski definition) is 4. The molecule has 1 rings (SSSR count). The highest BCUT2D eigenvalue weighted by Crippen LogP contribution is 2.04. The molecule has 0 aromatic heterocycles. The van der Waals surface area contributed by atoms with Crippen LogP contribution in [0.15, 0.2) is 49.9 Å². The van der Waals surface area contributed by atoms with Gasteiger partial charge in [0.15, 0.2) is 0 Å². The number of rotatable bonds is 2. The molecule has 0 bridgehead atoms. The van der Waals surface area contributed by atoms with Crippen LogP contribution in [0.2, 0.25) is 0 Å². The van der Waals surface area contributed by atoms with Crippen molar-refractivity contribution < 1.29 is 30.0 Å². The van der Waals surface area contributed by atoms with Gasteiger partial charge in [0.25, 0.3) is 0 Å². The quantitative estimate of drug-likeness (QED) is 0.602. The van der Waals surface area contributed by atoms with Crippen molar-refractivity contribution in [3.05, 3.63) is 61.1 Å². The normalized spacial score (nSPS) is 7.56. The number of hydrogen-bond donors (Lipinski definition) is 4. The first-order valence-electron chi connectivity index (χ1n) is 4.51. The van der Waals surface area contributed by atoms with E-state index < -0.39 is 11.9 Å². The van der Waals surface area contributed by atoms with Gasteiger partial charge in [0, 0.05) is 0 Å². The molecule has 0 aliphatic carbocycles. The molecule has 0 radical (unpaired) electrons. The van der Waals surface area contributed by atoms with E-state index >= 15 is 0 Å². The average Bonchev–Trinajstić information content (AvgIpc) is 2.31. The van der Waals surface area contributed by atoms with Crippen LogP contribution in [0.1, 0.15) is 20.7 Å². The number of carboxylic acids is 2. The average molecular weight is 254 g/mol. The zero-order valence-corrected chi connectivity index (χ0v) is 9.48. The Morgan fingerprint density at radius 3 is 1.44 bits per heavy atom. The Labute approximate surface area is 104 Å². The van der Waals surface area contributed by atoms with Crippen LogP contribution in [0.5, 0.6) is 0 Å². The number of carbonyl (C=O) groups is 2. The van der Waals surface area contributed by atoms with E-state index in [0.29, 0.717) is 0 Å². The van der Waals surface area contributed by atoms with Gasteiger partial charge >= 0.3 is 11.9 Å². The topological polar surface area (TPSA) is 115 Å². The van der Waals surface area contributed by atoms with Crippen molar-refractivity contribution in [3.8, 4) is 0 Å². The van der Waals surface area contributed by atoms with Crippen LogP contribution in [0.4, 0.5) is 0 Å². The summed E-state index contributed by atoms with van der Waals surface area (Å²) in [4.78, 5) is 20.8. The highest BCUT2D eigenvalue weighted by atomic mass is 16.4. The molecule has 0 saturated heterocycles. The molecule has 0 heterocycles. The molecule has 0 aliphatic rings.